The van der Waals surface area contributed by atoms with Crippen molar-refractivity contribution in [3.05, 3.63) is 59.9 Å². The van der Waals surface area contributed by atoms with Gasteiger partial charge in [-0.3, -0.25) is 0 Å². The van der Waals surface area contributed by atoms with E-state index in [4.69, 9.17) is 5.11 Å². The number of hydrogen-bond acceptors (Lipinski definition) is 5. The minimum Gasteiger partial charge on any atom is -0.476 e. The summed E-state index contributed by atoms with van der Waals surface area (Å²) in [4.78, 5) is 15.6. The first-order chi connectivity index (χ1) is 15.7. The molecular weight excluding hydrogens is 455 g/mol. The summed E-state index contributed by atoms with van der Waals surface area (Å²) >= 11 is 3.32. The van der Waals surface area contributed by atoms with Crippen molar-refractivity contribution >= 4 is 41.1 Å². The molecule has 3 rings (SSSR count). The second-order valence-corrected chi connectivity index (χ2v) is 11.0. The number of nitrogens with zero attached hydrogens (tertiary/aromatic N) is 2. The Labute approximate surface area is 205 Å². The molecule has 0 fully saturated rings. The molecule has 1 unspecified atom stereocenters. The van der Waals surface area contributed by atoms with Crippen LogP contribution >= 0.6 is 23.7 Å². The van der Waals surface area contributed by atoms with E-state index in [1.165, 1.54) is 12.5 Å². The average molecular weight is 489 g/mol. The van der Waals surface area contributed by atoms with Gasteiger partial charge in [-0.15, -0.1) is 11.8 Å². The van der Waals surface area contributed by atoms with Crippen LogP contribution in [0.15, 0.2) is 64.2 Å². The standard InChI is InChI=1S/C26H33FN2O2S2/c1-6-7-11-19-17-29(18-12-9-8-10-13-18)22-15-23(32-5)20(14-24(22)33-28(19)4)26(2,3)16-21(27)25(30)31/h8-10,12-16,19H,6-7,11,17H2,1-5H3,(H,30,31)/b21-16+. The predicted molar refractivity (Wildman–Crippen MR) is 138 cm³/mol. The molecule has 178 valence electrons. The Hall–Kier alpha value is -1.96. The van der Waals surface area contributed by atoms with Crippen LogP contribution in [0.3, 0.4) is 0 Å². The minimum absolute atomic E-state index is 0.376. The summed E-state index contributed by atoms with van der Waals surface area (Å²) in [5, 5.41) is 9.08. The lowest BCUT2D eigenvalue weighted by molar-refractivity contribution is -0.134. The van der Waals surface area contributed by atoms with Crippen LogP contribution in [0.25, 0.3) is 0 Å². The molecule has 4 nitrogen and oxygen atoms in total. The van der Waals surface area contributed by atoms with Gasteiger partial charge in [-0.05, 0) is 67.6 Å². The summed E-state index contributed by atoms with van der Waals surface area (Å²) in [5.74, 6) is -2.66. The molecule has 0 spiro atoms. The number of aliphatic carboxylic acids is 1. The maximum atomic E-state index is 14.1. The highest BCUT2D eigenvalue weighted by Gasteiger charge is 2.31. The first-order valence-electron chi connectivity index (χ1n) is 11.3. The van der Waals surface area contributed by atoms with Crippen molar-refractivity contribution < 1.29 is 14.3 Å². The number of allylic oxidation sites excluding steroid dienone is 1. The zero-order valence-corrected chi connectivity index (χ0v) is 21.6. The number of carboxylic acids is 1. The van der Waals surface area contributed by atoms with Gasteiger partial charge in [0, 0.05) is 33.5 Å². The lowest BCUT2D eigenvalue weighted by Gasteiger charge is -2.31. The van der Waals surface area contributed by atoms with E-state index in [1.54, 1.807) is 23.7 Å². The largest absolute Gasteiger partial charge is 0.476 e. The molecule has 7 heteroatoms. The Balaban J connectivity index is 2.16. The van der Waals surface area contributed by atoms with E-state index >= 15 is 0 Å². The number of halogens is 1. The third-order valence-electron chi connectivity index (χ3n) is 6.07. The fourth-order valence-corrected chi connectivity index (χ4v) is 6.02. The van der Waals surface area contributed by atoms with Crippen molar-refractivity contribution in [3.63, 3.8) is 0 Å². The number of benzene rings is 2. The van der Waals surface area contributed by atoms with Crippen molar-refractivity contribution in [1.29, 1.82) is 0 Å². The van der Waals surface area contributed by atoms with Crippen molar-refractivity contribution in [2.75, 3.05) is 24.7 Å². The van der Waals surface area contributed by atoms with Gasteiger partial charge in [-0.1, -0.05) is 51.8 Å². The van der Waals surface area contributed by atoms with E-state index in [9.17, 15) is 9.18 Å². The van der Waals surface area contributed by atoms with Crippen LogP contribution in [0.2, 0.25) is 0 Å². The highest BCUT2D eigenvalue weighted by Crippen LogP contribution is 2.46. The zero-order chi connectivity index (χ0) is 24.2. The molecule has 0 amide bonds. The molecule has 1 N–H and O–H groups in total. The van der Waals surface area contributed by atoms with Gasteiger partial charge in [-0.2, -0.15) is 4.39 Å². The number of para-hydroxylation sites is 1. The number of rotatable bonds is 8. The van der Waals surface area contributed by atoms with Gasteiger partial charge in [-0.25, -0.2) is 9.10 Å². The highest BCUT2D eigenvalue weighted by atomic mass is 32.2. The smallest absolute Gasteiger partial charge is 0.364 e. The fraction of sp³-hybridized carbons (Fsp3) is 0.423. The van der Waals surface area contributed by atoms with Crippen molar-refractivity contribution in [2.24, 2.45) is 0 Å². The van der Waals surface area contributed by atoms with Crippen LogP contribution in [-0.2, 0) is 10.2 Å². The number of carboxylic acid groups (broad SMARTS) is 1. The number of thioether (sulfide) groups is 1. The number of fused-ring (bicyclic) bond motifs is 1. The first kappa shape index (κ1) is 25.7. The molecule has 1 aliphatic heterocycles. The van der Waals surface area contributed by atoms with E-state index in [1.807, 2.05) is 26.2 Å². The van der Waals surface area contributed by atoms with Gasteiger partial charge in [0.25, 0.3) is 0 Å². The summed E-state index contributed by atoms with van der Waals surface area (Å²) < 4.78 is 16.4. The Morgan fingerprint density at radius 1 is 1.30 bits per heavy atom. The first-order valence-corrected chi connectivity index (χ1v) is 13.2. The number of hydrogen-bond donors (Lipinski definition) is 1. The van der Waals surface area contributed by atoms with E-state index < -0.39 is 17.2 Å². The van der Waals surface area contributed by atoms with E-state index in [0.717, 1.165) is 46.1 Å². The average Bonchev–Trinajstić information content (AvgIpc) is 2.92. The molecule has 0 aliphatic carbocycles. The summed E-state index contributed by atoms with van der Waals surface area (Å²) in [5.41, 5.74) is 2.42. The Bertz CT molecular complexity index is 1010. The molecule has 1 heterocycles. The van der Waals surface area contributed by atoms with Gasteiger partial charge < -0.3 is 10.0 Å². The van der Waals surface area contributed by atoms with Gasteiger partial charge in [0.1, 0.15) is 0 Å². The van der Waals surface area contributed by atoms with Crippen LogP contribution in [0, 0.1) is 0 Å². The third kappa shape index (κ3) is 5.94. The number of carbonyl (C=O) groups is 1. The summed E-state index contributed by atoms with van der Waals surface area (Å²) in [6.07, 6.45) is 6.65. The lowest BCUT2D eigenvalue weighted by Crippen LogP contribution is -2.35. The van der Waals surface area contributed by atoms with E-state index in [2.05, 4.69) is 59.6 Å². The second-order valence-electron chi connectivity index (χ2n) is 8.92. The molecule has 0 aromatic heterocycles. The normalized spacial score (nSPS) is 17.6. The van der Waals surface area contributed by atoms with Crippen LogP contribution < -0.4 is 4.90 Å². The second kappa shape index (κ2) is 11.0. The molecule has 0 saturated carbocycles. The Kier molecular flexibility index (Phi) is 8.54. The van der Waals surface area contributed by atoms with Gasteiger partial charge in [0.05, 0.1) is 5.69 Å². The number of anilines is 2. The molecule has 0 radical (unpaired) electrons. The van der Waals surface area contributed by atoms with Gasteiger partial charge in [0.2, 0.25) is 5.83 Å². The molecule has 2 aromatic carbocycles. The summed E-state index contributed by atoms with van der Waals surface area (Å²) in [6, 6.07) is 15.1. The molecule has 1 aliphatic rings. The van der Waals surface area contributed by atoms with Crippen LogP contribution in [-0.4, -0.2) is 41.3 Å². The summed E-state index contributed by atoms with van der Waals surface area (Å²) in [6.45, 7) is 6.82. The van der Waals surface area contributed by atoms with Crippen LogP contribution in [0.1, 0.15) is 45.6 Å². The van der Waals surface area contributed by atoms with Gasteiger partial charge >= 0.3 is 5.97 Å². The van der Waals surface area contributed by atoms with Crippen molar-refractivity contribution in [1.82, 2.24) is 4.31 Å². The molecule has 2 aromatic rings. The zero-order valence-electron chi connectivity index (χ0n) is 20.0. The topological polar surface area (TPSA) is 43.8 Å². The van der Waals surface area contributed by atoms with Crippen molar-refractivity contribution in [3.8, 4) is 0 Å². The maximum Gasteiger partial charge on any atom is 0.364 e. The SMILES string of the molecule is CCCCC1CN(c2ccccc2)c2cc(SC)c(C(C)(C)/C=C(/F)C(=O)O)cc2SN1C. The summed E-state index contributed by atoms with van der Waals surface area (Å²) in [7, 11) is 2.14. The third-order valence-corrected chi connectivity index (χ3v) is 7.95. The highest BCUT2D eigenvalue weighted by molar-refractivity contribution is 7.98. The van der Waals surface area contributed by atoms with Crippen LogP contribution in [0.5, 0.6) is 0 Å². The lowest BCUT2D eigenvalue weighted by atomic mass is 9.83. The minimum atomic E-state index is -1.54. The Morgan fingerprint density at radius 3 is 2.61 bits per heavy atom. The molecule has 0 bridgehead atoms. The quantitative estimate of drug-likeness (QED) is 0.239. The fourth-order valence-electron chi connectivity index (χ4n) is 4.18. The maximum absolute atomic E-state index is 14.1. The Morgan fingerprint density at radius 2 is 2.00 bits per heavy atom. The van der Waals surface area contributed by atoms with Crippen molar-refractivity contribution in [2.45, 2.75) is 61.3 Å². The van der Waals surface area contributed by atoms with E-state index in [-0.39, 0.29) is 0 Å². The number of unbranched alkanes of at least 4 members (excludes halogenated alkanes) is 1. The van der Waals surface area contributed by atoms with Crippen LogP contribution in [0.4, 0.5) is 15.8 Å². The number of likely N-dealkylation sites (N-methyl/N-ethyl adjacent to an activating group) is 1. The van der Waals surface area contributed by atoms with E-state index in [0.29, 0.717) is 6.04 Å². The molecule has 0 saturated heterocycles. The molecule has 33 heavy (non-hydrogen) atoms. The van der Waals surface area contributed by atoms with Gasteiger partial charge in [0.15, 0.2) is 0 Å². The predicted octanol–water partition coefficient (Wildman–Crippen LogP) is 7.27. The molecular formula is C26H33FN2O2S2. The molecule has 1 atom stereocenters. The monoisotopic (exact) mass is 488 g/mol.